The number of aromatic nitrogens is 1. The molecule has 2 heterocycles. The van der Waals surface area contributed by atoms with Crippen molar-refractivity contribution < 1.29 is 22.7 Å². The van der Waals surface area contributed by atoms with Crippen LogP contribution in [0.5, 0.6) is 0 Å². The normalized spacial score (nSPS) is 19.5. The van der Waals surface area contributed by atoms with Gasteiger partial charge in [0.15, 0.2) is 0 Å². The highest BCUT2D eigenvalue weighted by Gasteiger charge is 2.34. The van der Waals surface area contributed by atoms with Crippen molar-refractivity contribution in [3.05, 3.63) is 63.1 Å². The van der Waals surface area contributed by atoms with Gasteiger partial charge >= 0.3 is 6.18 Å². The van der Waals surface area contributed by atoms with Gasteiger partial charge in [0.25, 0.3) is 11.5 Å². The highest BCUT2D eigenvalue weighted by molar-refractivity contribution is 6.01. The Morgan fingerprint density at radius 3 is 2.51 bits per heavy atom. The van der Waals surface area contributed by atoms with E-state index < -0.39 is 23.7 Å². The molecule has 37 heavy (non-hydrogen) atoms. The molecule has 1 aliphatic carbocycles. The van der Waals surface area contributed by atoms with Crippen LogP contribution in [0, 0.1) is 6.92 Å². The van der Waals surface area contributed by atoms with Crippen LogP contribution in [-0.2, 0) is 10.9 Å². The summed E-state index contributed by atoms with van der Waals surface area (Å²) in [5, 5.41) is 2.83. The average Bonchev–Trinajstić information content (AvgIpc) is 2.80. The fraction of sp³-hybridized carbons (Fsp3) is 0.519. The van der Waals surface area contributed by atoms with Gasteiger partial charge in [-0.15, -0.1) is 0 Å². The second kappa shape index (κ2) is 10.8. The molecular formula is C27H33F3N4O3. The molecule has 1 saturated carbocycles. The first-order valence-corrected chi connectivity index (χ1v) is 12.5. The Kier molecular flexibility index (Phi) is 7.89. The van der Waals surface area contributed by atoms with Gasteiger partial charge in [0.1, 0.15) is 0 Å². The minimum atomic E-state index is -4.49. The molecule has 1 aliphatic heterocycles. The molecule has 10 heteroatoms. The zero-order valence-electron chi connectivity index (χ0n) is 21.6. The Morgan fingerprint density at radius 1 is 1.22 bits per heavy atom. The fourth-order valence-electron chi connectivity index (χ4n) is 4.95. The minimum Gasteiger partial charge on any atom is -0.381 e. The topological polar surface area (TPSA) is 75.9 Å². The second-order valence-corrected chi connectivity index (χ2v) is 10.1. The molecule has 1 atom stereocenters. The van der Waals surface area contributed by atoms with Crippen molar-refractivity contribution in [2.24, 2.45) is 4.99 Å². The molecule has 7 nitrogen and oxygen atoms in total. The highest BCUT2D eigenvalue weighted by atomic mass is 19.4. The number of aliphatic imine (C=N–C) groups is 1. The predicted octanol–water partition coefficient (Wildman–Crippen LogP) is 4.81. The van der Waals surface area contributed by atoms with Gasteiger partial charge in [0.2, 0.25) is 0 Å². The van der Waals surface area contributed by atoms with Gasteiger partial charge < -0.3 is 19.5 Å². The molecule has 1 aromatic heterocycles. The molecule has 200 valence electrons. The van der Waals surface area contributed by atoms with Gasteiger partial charge in [0, 0.05) is 56.1 Å². The quantitative estimate of drug-likeness (QED) is 0.595. The van der Waals surface area contributed by atoms with Crippen LogP contribution in [0.25, 0.3) is 0 Å². The largest absolute Gasteiger partial charge is 0.416 e. The van der Waals surface area contributed by atoms with Crippen LogP contribution in [0.3, 0.4) is 0 Å². The number of amides is 1. The van der Waals surface area contributed by atoms with E-state index in [9.17, 15) is 22.8 Å². The summed E-state index contributed by atoms with van der Waals surface area (Å²) in [5.74, 6) is -0.493. The maximum atomic E-state index is 13.5. The molecule has 2 fully saturated rings. The summed E-state index contributed by atoms with van der Waals surface area (Å²) in [7, 11) is 3.99. The van der Waals surface area contributed by atoms with Gasteiger partial charge in [-0.1, -0.05) is 12.1 Å². The van der Waals surface area contributed by atoms with E-state index in [1.54, 1.807) is 23.8 Å². The zero-order valence-corrected chi connectivity index (χ0v) is 21.6. The number of ether oxygens (including phenoxy) is 1. The zero-order chi connectivity index (χ0) is 26.9. The van der Waals surface area contributed by atoms with E-state index in [0.717, 1.165) is 24.6 Å². The first-order chi connectivity index (χ1) is 17.5. The number of carbonyl (C=O) groups excluding carboxylic acids is 1. The maximum absolute atomic E-state index is 13.5. The van der Waals surface area contributed by atoms with E-state index in [0.29, 0.717) is 37.7 Å². The number of carbonyl (C=O) groups is 1. The number of alkyl halides is 3. The summed E-state index contributed by atoms with van der Waals surface area (Å²) >= 11 is 0. The number of halogens is 3. The van der Waals surface area contributed by atoms with Crippen LogP contribution >= 0.6 is 0 Å². The number of hydrogen-bond acceptors (Lipinski definition) is 5. The third-order valence-electron chi connectivity index (χ3n) is 7.33. The molecule has 2 aliphatic rings. The number of nitrogens with one attached hydrogen (secondary N) is 1. The lowest BCUT2D eigenvalue weighted by molar-refractivity contribution is -0.138. The third-order valence-corrected chi connectivity index (χ3v) is 7.33. The molecule has 2 aromatic rings. The lowest BCUT2D eigenvalue weighted by atomic mass is 9.89. The molecule has 4 rings (SSSR count). The van der Waals surface area contributed by atoms with Crippen molar-refractivity contribution in [2.45, 2.75) is 63.8 Å². The Balaban J connectivity index is 1.66. The van der Waals surface area contributed by atoms with Gasteiger partial charge in [0.05, 0.1) is 22.9 Å². The van der Waals surface area contributed by atoms with Crippen LogP contribution in [0.2, 0.25) is 0 Å². The summed E-state index contributed by atoms with van der Waals surface area (Å²) in [6, 6.07) is 4.91. The van der Waals surface area contributed by atoms with Crippen molar-refractivity contribution >= 4 is 17.3 Å². The molecule has 1 aromatic carbocycles. The molecule has 1 N–H and O–H groups in total. The number of nitrogens with zero attached hydrogens (tertiary/aromatic N) is 3. The molecular weight excluding hydrogens is 485 g/mol. The van der Waals surface area contributed by atoms with E-state index in [4.69, 9.17) is 4.74 Å². The van der Waals surface area contributed by atoms with E-state index in [1.165, 1.54) is 19.1 Å². The standard InChI is InChI=1S/C27H33F3N4O3/c1-16-21(6-5-7-23(16)27(28,29)30)17(2)31-26(36)22-15-34(19-8-10-37-11-9-19)25(35)14-24(22)32-18-12-20(13-18)33(3)4/h5-7,14-15,17,19-20H,8-13H2,1-4H3,(H,31,36)/t17-,20?/m1/s1. The smallest absolute Gasteiger partial charge is 0.381 e. The molecule has 0 bridgehead atoms. The first-order valence-electron chi connectivity index (χ1n) is 12.5. The molecule has 1 amide bonds. The van der Waals surface area contributed by atoms with E-state index in [1.807, 2.05) is 14.1 Å². The van der Waals surface area contributed by atoms with Crippen LogP contribution < -0.4 is 10.9 Å². The first kappa shape index (κ1) is 27.1. The number of benzene rings is 1. The van der Waals surface area contributed by atoms with Gasteiger partial charge in [-0.05, 0) is 58.0 Å². The van der Waals surface area contributed by atoms with Gasteiger partial charge in [-0.2, -0.15) is 13.2 Å². The summed E-state index contributed by atoms with van der Waals surface area (Å²) in [6.07, 6.45) is -0.146. The maximum Gasteiger partial charge on any atom is 0.416 e. The van der Waals surface area contributed by atoms with Crippen LogP contribution in [0.4, 0.5) is 18.9 Å². The minimum absolute atomic E-state index is 0.0691. The van der Waals surface area contributed by atoms with Crippen LogP contribution in [0.15, 0.2) is 40.2 Å². The third kappa shape index (κ3) is 5.96. The molecule has 0 unspecified atom stereocenters. The Bertz CT molecular complexity index is 1240. The van der Waals surface area contributed by atoms with Crippen LogP contribution in [0.1, 0.15) is 71.7 Å². The van der Waals surface area contributed by atoms with E-state index in [2.05, 4.69) is 15.2 Å². The lowest BCUT2D eigenvalue weighted by Gasteiger charge is -2.33. The lowest BCUT2D eigenvalue weighted by Crippen LogP contribution is -2.40. The Morgan fingerprint density at radius 2 is 1.89 bits per heavy atom. The van der Waals surface area contributed by atoms with Crippen LogP contribution in [-0.4, -0.2) is 54.4 Å². The monoisotopic (exact) mass is 518 g/mol. The summed E-state index contributed by atoms with van der Waals surface area (Å²) in [5.41, 5.74) is 0.882. The predicted molar refractivity (Wildman–Crippen MR) is 136 cm³/mol. The van der Waals surface area contributed by atoms with Crippen molar-refractivity contribution in [1.82, 2.24) is 14.8 Å². The van der Waals surface area contributed by atoms with Crippen molar-refractivity contribution in [3.8, 4) is 0 Å². The number of hydrogen-bond donors (Lipinski definition) is 1. The van der Waals surface area contributed by atoms with Crippen molar-refractivity contribution in [2.75, 3.05) is 27.3 Å². The summed E-state index contributed by atoms with van der Waals surface area (Å²) in [4.78, 5) is 33.3. The highest BCUT2D eigenvalue weighted by Crippen LogP contribution is 2.35. The Labute approximate surface area is 214 Å². The Hall–Kier alpha value is -2.98. The van der Waals surface area contributed by atoms with E-state index >= 15 is 0 Å². The number of pyridine rings is 1. The molecule has 0 radical (unpaired) electrons. The summed E-state index contributed by atoms with van der Waals surface area (Å²) in [6.45, 7) is 4.11. The van der Waals surface area contributed by atoms with E-state index in [-0.39, 0.29) is 28.4 Å². The summed E-state index contributed by atoms with van der Waals surface area (Å²) < 4.78 is 47.2. The average molecular weight is 519 g/mol. The number of rotatable bonds is 6. The van der Waals surface area contributed by atoms with Gasteiger partial charge in [-0.25, -0.2) is 0 Å². The van der Waals surface area contributed by atoms with Gasteiger partial charge in [-0.3, -0.25) is 14.6 Å². The SMILES string of the molecule is Cc1c([C@@H](C)NC(=O)c2cn(C3CCOCC3)c(=O)cc2N=C2CC(N(C)C)C2)cccc1C(F)(F)F. The second-order valence-electron chi connectivity index (χ2n) is 10.1. The van der Waals surface area contributed by atoms with Crippen molar-refractivity contribution in [3.63, 3.8) is 0 Å². The van der Waals surface area contributed by atoms with Crippen molar-refractivity contribution in [1.29, 1.82) is 0 Å². The molecule has 0 spiro atoms. The fourth-order valence-corrected chi connectivity index (χ4v) is 4.95. The molecule has 1 saturated heterocycles.